The molecule has 0 radical (unpaired) electrons. The second kappa shape index (κ2) is 9.19. The third-order valence-corrected chi connectivity index (χ3v) is 8.09. The molecule has 0 bridgehead atoms. The highest BCUT2D eigenvalue weighted by Gasteiger charge is 2.39. The van der Waals surface area contributed by atoms with Gasteiger partial charge in [-0.15, -0.1) is 0 Å². The van der Waals surface area contributed by atoms with Crippen LogP contribution in [0.25, 0.3) is 38.9 Å². The number of hydrogen-bond acceptors (Lipinski definition) is 6. The summed E-state index contributed by atoms with van der Waals surface area (Å²) < 4.78 is 8.10. The molecule has 7 heteroatoms. The van der Waals surface area contributed by atoms with Gasteiger partial charge in [-0.2, -0.15) is 0 Å². The molecule has 1 aliphatic carbocycles. The lowest BCUT2D eigenvalue weighted by molar-refractivity contribution is -0.0920. The van der Waals surface area contributed by atoms with Crippen LogP contribution in [0.5, 0.6) is 0 Å². The number of nitrogens with two attached hydrogens (primary N) is 1. The molecule has 1 aliphatic heterocycles. The fraction of sp³-hybridized carbons (Fsp3) is 0.323. The van der Waals surface area contributed by atoms with Crippen molar-refractivity contribution in [2.24, 2.45) is 0 Å². The van der Waals surface area contributed by atoms with Crippen molar-refractivity contribution in [3.05, 3.63) is 78.9 Å². The predicted octanol–water partition coefficient (Wildman–Crippen LogP) is 5.55. The monoisotopic (exact) mass is 504 g/mol. The largest absolute Gasteiger partial charge is 0.382 e. The molecule has 2 aromatic carbocycles. The highest BCUT2D eigenvalue weighted by Crippen LogP contribution is 2.42. The Labute approximate surface area is 222 Å². The number of imidazole rings is 1. The van der Waals surface area contributed by atoms with Gasteiger partial charge in [0.05, 0.1) is 23.4 Å². The van der Waals surface area contributed by atoms with Crippen LogP contribution in [0.2, 0.25) is 0 Å². The van der Waals surface area contributed by atoms with Crippen LogP contribution in [0.15, 0.2) is 73.1 Å². The predicted molar refractivity (Wildman–Crippen MR) is 151 cm³/mol. The Morgan fingerprint density at radius 3 is 2.45 bits per heavy atom. The molecule has 0 unspecified atom stereocenters. The number of fused-ring (bicyclic) bond motifs is 2. The second-order valence-electron chi connectivity index (χ2n) is 10.9. The molecule has 3 aromatic heterocycles. The van der Waals surface area contributed by atoms with Gasteiger partial charge < -0.3 is 10.5 Å². The zero-order valence-electron chi connectivity index (χ0n) is 21.8. The molecule has 192 valence electrons. The number of aromatic nitrogens is 4. The smallest absolute Gasteiger partial charge is 0.150 e. The summed E-state index contributed by atoms with van der Waals surface area (Å²) in [5.41, 5.74) is 12.2. The third kappa shape index (κ3) is 4.03. The summed E-state index contributed by atoms with van der Waals surface area (Å²) >= 11 is 0. The van der Waals surface area contributed by atoms with E-state index in [9.17, 15) is 0 Å². The first-order chi connectivity index (χ1) is 18.5. The van der Waals surface area contributed by atoms with Gasteiger partial charge in [0.15, 0.2) is 0 Å². The van der Waals surface area contributed by atoms with Crippen LogP contribution in [0.4, 0.5) is 5.82 Å². The van der Waals surface area contributed by atoms with Crippen molar-refractivity contribution in [2.45, 2.75) is 50.9 Å². The number of morpholine rings is 1. The van der Waals surface area contributed by atoms with E-state index >= 15 is 0 Å². The van der Waals surface area contributed by atoms with E-state index in [0.29, 0.717) is 17.8 Å². The number of hydrogen-bond donors (Lipinski definition) is 1. The molecule has 1 saturated carbocycles. The van der Waals surface area contributed by atoms with Gasteiger partial charge in [-0.25, -0.2) is 15.0 Å². The quantitative estimate of drug-likeness (QED) is 0.346. The Morgan fingerprint density at radius 1 is 0.895 bits per heavy atom. The maximum Gasteiger partial charge on any atom is 0.150 e. The summed E-state index contributed by atoms with van der Waals surface area (Å²) in [7, 11) is 0. The maximum absolute atomic E-state index is 6.45. The lowest BCUT2D eigenvalue weighted by atomic mass is 9.78. The molecule has 4 heterocycles. The molecule has 2 aliphatic rings. The van der Waals surface area contributed by atoms with E-state index in [1.54, 1.807) is 6.20 Å². The minimum atomic E-state index is 0.284. The SMILES string of the molecule is C[C@@H]1CN(C2CC(c3nc(-c4ccc5ccc(-c6ccccc6)nc5c4)c4c(N)nccn34)C2)C[C@H](C)O1. The van der Waals surface area contributed by atoms with E-state index in [4.69, 9.17) is 20.4 Å². The van der Waals surface area contributed by atoms with Crippen molar-refractivity contribution in [3.63, 3.8) is 0 Å². The summed E-state index contributed by atoms with van der Waals surface area (Å²) in [6.45, 7) is 6.34. The van der Waals surface area contributed by atoms with E-state index < -0.39 is 0 Å². The van der Waals surface area contributed by atoms with Crippen molar-refractivity contribution in [1.29, 1.82) is 0 Å². The lowest BCUT2D eigenvalue weighted by Crippen LogP contribution is -2.53. The molecular weight excluding hydrogens is 472 g/mol. The van der Waals surface area contributed by atoms with Crippen molar-refractivity contribution in [3.8, 4) is 22.5 Å². The van der Waals surface area contributed by atoms with Gasteiger partial charge in [-0.3, -0.25) is 9.30 Å². The molecule has 38 heavy (non-hydrogen) atoms. The van der Waals surface area contributed by atoms with Crippen LogP contribution in [0.3, 0.4) is 0 Å². The normalized spacial score (nSPS) is 24.1. The fourth-order valence-electron chi connectivity index (χ4n) is 6.22. The summed E-state index contributed by atoms with van der Waals surface area (Å²) in [4.78, 5) is 17.2. The first-order valence-corrected chi connectivity index (χ1v) is 13.5. The second-order valence-corrected chi connectivity index (χ2v) is 10.9. The number of ether oxygens (including phenoxy) is 1. The standard InChI is InChI=1S/C31H32N6O/c1-19-17-36(18-20(2)38-19)25-14-24(15-25)31-35-28(29-30(32)33-12-13-37(29)31)23-9-8-22-10-11-26(34-27(22)16-23)21-6-4-3-5-7-21/h3-13,16,19-20,24-25H,14-15,17-18H2,1-2H3,(H2,32,33)/t19-,20+,24?,25?. The molecule has 2 atom stereocenters. The van der Waals surface area contributed by atoms with E-state index in [-0.39, 0.29) is 12.2 Å². The first-order valence-electron chi connectivity index (χ1n) is 13.5. The van der Waals surface area contributed by atoms with E-state index in [2.05, 4.69) is 70.6 Å². The molecule has 5 aromatic rings. The van der Waals surface area contributed by atoms with E-state index in [0.717, 1.165) is 70.7 Å². The Kier molecular flexibility index (Phi) is 5.64. The molecule has 1 saturated heterocycles. The first kappa shape index (κ1) is 23.3. The fourth-order valence-corrected chi connectivity index (χ4v) is 6.22. The van der Waals surface area contributed by atoms with E-state index in [1.165, 1.54) is 0 Å². The minimum Gasteiger partial charge on any atom is -0.382 e. The van der Waals surface area contributed by atoms with Crippen molar-refractivity contribution in [1.82, 2.24) is 24.3 Å². The summed E-state index contributed by atoms with van der Waals surface area (Å²) in [5, 5.41) is 1.10. The number of nitrogen functional groups attached to an aromatic ring is 1. The van der Waals surface area contributed by atoms with Crippen LogP contribution in [0.1, 0.15) is 38.4 Å². The minimum absolute atomic E-state index is 0.284. The van der Waals surface area contributed by atoms with Crippen LogP contribution in [-0.4, -0.2) is 55.6 Å². The lowest BCUT2D eigenvalue weighted by Gasteiger charge is -2.46. The van der Waals surface area contributed by atoms with Crippen molar-refractivity contribution >= 4 is 22.2 Å². The van der Waals surface area contributed by atoms with E-state index in [1.807, 2.05) is 24.4 Å². The molecule has 2 N–H and O–H groups in total. The zero-order chi connectivity index (χ0) is 25.8. The molecule has 0 amide bonds. The average Bonchev–Trinajstić information content (AvgIpc) is 3.28. The topological polar surface area (TPSA) is 81.6 Å². The zero-order valence-corrected chi connectivity index (χ0v) is 21.8. The number of benzene rings is 2. The van der Waals surface area contributed by atoms with Crippen molar-refractivity contribution in [2.75, 3.05) is 18.8 Å². The third-order valence-electron chi connectivity index (χ3n) is 8.09. The molecule has 7 rings (SSSR count). The van der Waals surface area contributed by atoms with Gasteiger partial charge >= 0.3 is 0 Å². The van der Waals surface area contributed by atoms with Gasteiger partial charge in [-0.1, -0.05) is 48.5 Å². The maximum atomic E-state index is 6.45. The number of rotatable bonds is 4. The van der Waals surface area contributed by atoms with Crippen LogP contribution in [0, 0.1) is 0 Å². The molecule has 7 nitrogen and oxygen atoms in total. The summed E-state index contributed by atoms with van der Waals surface area (Å²) in [5.74, 6) is 1.96. The van der Waals surface area contributed by atoms with Gasteiger partial charge in [0.2, 0.25) is 0 Å². The molecular formula is C31H32N6O. The van der Waals surface area contributed by atoms with Crippen LogP contribution >= 0.6 is 0 Å². The van der Waals surface area contributed by atoms with Crippen molar-refractivity contribution < 1.29 is 4.74 Å². The van der Waals surface area contributed by atoms with Crippen LogP contribution < -0.4 is 5.73 Å². The number of nitrogens with zero attached hydrogens (tertiary/aromatic N) is 5. The van der Waals surface area contributed by atoms with Gasteiger partial charge in [0.1, 0.15) is 22.9 Å². The van der Waals surface area contributed by atoms with Gasteiger partial charge in [0, 0.05) is 54.0 Å². The Bertz CT molecular complexity index is 1610. The highest BCUT2D eigenvalue weighted by atomic mass is 16.5. The average molecular weight is 505 g/mol. The number of pyridine rings is 1. The Hall–Kier alpha value is -3.81. The Morgan fingerprint density at radius 2 is 1.66 bits per heavy atom. The molecule has 2 fully saturated rings. The highest BCUT2D eigenvalue weighted by molar-refractivity contribution is 5.91. The molecule has 0 spiro atoms. The van der Waals surface area contributed by atoms with Gasteiger partial charge in [-0.05, 0) is 38.8 Å². The summed E-state index contributed by atoms with van der Waals surface area (Å²) in [6, 6.07) is 21.4. The van der Waals surface area contributed by atoms with Gasteiger partial charge in [0.25, 0.3) is 0 Å². The van der Waals surface area contributed by atoms with Crippen LogP contribution in [-0.2, 0) is 4.74 Å². The number of anilines is 1. The Balaban J connectivity index is 1.24. The summed E-state index contributed by atoms with van der Waals surface area (Å²) in [6.07, 6.45) is 6.53.